The molecule has 0 saturated heterocycles. The number of hydrogen-bond donors (Lipinski definition) is 0. The highest BCUT2D eigenvalue weighted by atomic mass is 16.7. The minimum absolute atomic E-state index is 0.218. The van der Waals surface area contributed by atoms with E-state index >= 15 is 0 Å². The van der Waals surface area contributed by atoms with Gasteiger partial charge in [-0.25, -0.2) is 0 Å². The summed E-state index contributed by atoms with van der Waals surface area (Å²) >= 11 is 0. The van der Waals surface area contributed by atoms with Crippen LogP contribution in [-0.4, -0.2) is 12.4 Å². The number of allylic oxidation sites excluding steroid dienone is 3. The third-order valence-electron chi connectivity index (χ3n) is 2.67. The molecule has 1 unspecified atom stereocenters. The Balaban J connectivity index is 2.23. The van der Waals surface area contributed by atoms with Crippen LogP contribution >= 0.6 is 0 Å². The average Bonchev–Trinajstić information content (AvgIpc) is 2.27. The fraction of sp³-hybridized carbons (Fsp3) is 0.571. The molecule has 0 bridgehead atoms. The van der Waals surface area contributed by atoms with Crippen molar-refractivity contribution in [2.24, 2.45) is 0 Å². The summed E-state index contributed by atoms with van der Waals surface area (Å²) < 4.78 is 11.3. The quantitative estimate of drug-likeness (QED) is 0.385. The molecule has 1 atom stereocenters. The number of rotatable bonds is 6. The summed E-state index contributed by atoms with van der Waals surface area (Å²) in [5.41, 5.74) is 0. The second kappa shape index (κ2) is 7.29. The van der Waals surface area contributed by atoms with Crippen molar-refractivity contribution >= 4 is 0 Å². The highest BCUT2D eigenvalue weighted by Gasteiger charge is 2.17. The summed E-state index contributed by atoms with van der Waals surface area (Å²) in [5.74, 6) is 0.614. The molecule has 0 radical (unpaired) electrons. The summed E-state index contributed by atoms with van der Waals surface area (Å²) in [6.07, 6.45) is 11.6. The predicted octanol–water partition coefficient (Wildman–Crippen LogP) is 3.95. The lowest BCUT2D eigenvalue weighted by Gasteiger charge is -2.26. The van der Waals surface area contributed by atoms with Gasteiger partial charge in [-0.2, -0.15) is 0 Å². The second-order valence-corrected chi connectivity index (χ2v) is 4.14. The summed E-state index contributed by atoms with van der Waals surface area (Å²) in [7, 11) is 0. The molecule has 0 aromatic rings. The lowest BCUT2D eigenvalue weighted by molar-refractivity contribution is -0.142. The minimum Gasteiger partial charge on any atom is -0.466 e. The van der Waals surface area contributed by atoms with Crippen LogP contribution in [0, 0.1) is 0 Å². The molecular weight excluding hydrogens is 200 g/mol. The summed E-state index contributed by atoms with van der Waals surface area (Å²) in [4.78, 5) is 0. The van der Waals surface area contributed by atoms with E-state index in [9.17, 15) is 0 Å². The van der Waals surface area contributed by atoms with E-state index in [1.807, 2.05) is 6.92 Å². The SMILES string of the molecule is C=C/C=C\C(=C)OC(C)OC1CCCCC1. The molecule has 16 heavy (non-hydrogen) atoms. The second-order valence-electron chi connectivity index (χ2n) is 4.14. The maximum absolute atomic E-state index is 5.80. The molecular formula is C14H22O2. The van der Waals surface area contributed by atoms with Crippen LogP contribution in [0.2, 0.25) is 0 Å². The van der Waals surface area contributed by atoms with Crippen molar-refractivity contribution in [3.63, 3.8) is 0 Å². The molecule has 0 spiro atoms. The van der Waals surface area contributed by atoms with Crippen molar-refractivity contribution in [3.8, 4) is 0 Å². The molecule has 0 aromatic carbocycles. The first-order chi connectivity index (χ1) is 7.72. The van der Waals surface area contributed by atoms with Crippen LogP contribution < -0.4 is 0 Å². The van der Waals surface area contributed by atoms with Crippen LogP contribution in [0.15, 0.2) is 37.1 Å². The van der Waals surface area contributed by atoms with E-state index in [1.54, 1.807) is 18.2 Å². The predicted molar refractivity (Wildman–Crippen MR) is 67.0 cm³/mol. The molecule has 1 aliphatic rings. The first-order valence-electron chi connectivity index (χ1n) is 6.02. The van der Waals surface area contributed by atoms with Gasteiger partial charge in [0.15, 0.2) is 6.29 Å². The molecule has 0 heterocycles. The van der Waals surface area contributed by atoms with Crippen LogP contribution in [0.25, 0.3) is 0 Å². The van der Waals surface area contributed by atoms with Gasteiger partial charge in [0.1, 0.15) is 5.76 Å². The molecule has 2 heteroatoms. The molecule has 2 nitrogen and oxygen atoms in total. The molecule has 1 aliphatic carbocycles. The van der Waals surface area contributed by atoms with Gasteiger partial charge in [0.2, 0.25) is 0 Å². The fourth-order valence-corrected chi connectivity index (χ4v) is 1.93. The first kappa shape index (κ1) is 13.0. The van der Waals surface area contributed by atoms with Gasteiger partial charge in [0, 0.05) is 0 Å². The molecule has 0 N–H and O–H groups in total. The molecule has 0 aliphatic heterocycles. The van der Waals surface area contributed by atoms with E-state index in [-0.39, 0.29) is 6.29 Å². The Bertz CT molecular complexity index is 249. The molecule has 1 saturated carbocycles. The largest absolute Gasteiger partial charge is 0.466 e. The Morgan fingerprint density at radius 3 is 2.62 bits per heavy atom. The van der Waals surface area contributed by atoms with Gasteiger partial charge < -0.3 is 9.47 Å². The van der Waals surface area contributed by atoms with Gasteiger partial charge in [-0.1, -0.05) is 44.6 Å². The van der Waals surface area contributed by atoms with E-state index in [0.717, 1.165) is 12.8 Å². The van der Waals surface area contributed by atoms with E-state index in [1.165, 1.54) is 19.3 Å². The Morgan fingerprint density at radius 2 is 2.00 bits per heavy atom. The highest BCUT2D eigenvalue weighted by molar-refractivity contribution is 5.12. The number of hydrogen-bond acceptors (Lipinski definition) is 2. The van der Waals surface area contributed by atoms with E-state index < -0.39 is 0 Å². The van der Waals surface area contributed by atoms with E-state index in [2.05, 4.69) is 13.2 Å². The van der Waals surface area contributed by atoms with Crippen molar-refractivity contribution in [1.82, 2.24) is 0 Å². The first-order valence-corrected chi connectivity index (χ1v) is 6.02. The standard InChI is InChI=1S/C14H22O2/c1-4-5-9-12(2)15-13(3)16-14-10-7-6-8-11-14/h4-5,9,13-14H,1-2,6-8,10-11H2,3H3/b9-5-. The van der Waals surface area contributed by atoms with E-state index in [0.29, 0.717) is 11.9 Å². The Hall–Kier alpha value is -1.02. The minimum atomic E-state index is -0.218. The van der Waals surface area contributed by atoms with Crippen molar-refractivity contribution < 1.29 is 9.47 Å². The molecule has 1 rings (SSSR count). The van der Waals surface area contributed by atoms with Crippen LogP contribution in [0.1, 0.15) is 39.0 Å². The summed E-state index contributed by atoms with van der Waals surface area (Å²) in [6.45, 7) is 9.30. The zero-order valence-electron chi connectivity index (χ0n) is 10.2. The van der Waals surface area contributed by atoms with Crippen LogP contribution in [0.4, 0.5) is 0 Å². The lowest BCUT2D eigenvalue weighted by atomic mass is 9.98. The molecule has 1 fully saturated rings. The van der Waals surface area contributed by atoms with Crippen molar-refractivity contribution in [3.05, 3.63) is 37.1 Å². The highest BCUT2D eigenvalue weighted by Crippen LogP contribution is 2.22. The lowest BCUT2D eigenvalue weighted by Crippen LogP contribution is -2.23. The maximum atomic E-state index is 5.80. The summed E-state index contributed by atoms with van der Waals surface area (Å²) in [5, 5.41) is 0. The van der Waals surface area contributed by atoms with Gasteiger partial charge in [-0.15, -0.1) is 0 Å². The normalized spacial score (nSPS) is 19.6. The van der Waals surface area contributed by atoms with Crippen LogP contribution in [0.3, 0.4) is 0 Å². The average molecular weight is 222 g/mol. The Kier molecular flexibility index (Phi) is 5.94. The molecule has 0 amide bonds. The number of ether oxygens (including phenoxy) is 2. The third kappa shape index (κ3) is 5.17. The van der Waals surface area contributed by atoms with Crippen molar-refractivity contribution in [2.45, 2.75) is 51.4 Å². The Labute approximate surface area is 98.6 Å². The van der Waals surface area contributed by atoms with Crippen molar-refractivity contribution in [2.75, 3.05) is 0 Å². The van der Waals surface area contributed by atoms with Crippen LogP contribution in [0.5, 0.6) is 0 Å². The molecule has 0 aromatic heterocycles. The van der Waals surface area contributed by atoms with Crippen LogP contribution in [-0.2, 0) is 9.47 Å². The Morgan fingerprint density at radius 1 is 1.31 bits per heavy atom. The van der Waals surface area contributed by atoms with Gasteiger partial charge in [-0.3, -0.25) is 0 Å². The van der Waals surface area contributed by atoms with Gasteiger partial charge in [0.25, 0.3) is 0 Å². The zero-order valence-corrected chi connectivity index (χ0v) is 10.2. The van der Waals surface area contributed by atoms with E-state index in [4.69, 9.17) is 9.47 Å². The summed E-state index contributed by atoms with van der Waals surface area (Å²) in [6, 6.07) is 0. The molecule has 90 valence electrons. The topological polar surface area (TPSA) is 18.5 Å². The van der Waals surface area contributed by atoms with Gasteiger partial charge in [-0.05, 0) is 25.8 Å². The third-order valence-corrected chi connectivity index (χ3v) is 2.67. The smallest absolute Gasteiger partial charge is 0.197 e. The fourth-order valence-electron chi connectivity index (χ4n) is 1.93. The monoisotopic (exact) mass is 222 g/mol. The zero-order chi connectivity index (χ0) is 11.8. The van der Waals surface area contributed by atoms with Gasteiger partial charge in [0.05, 0.1) is 6.10 Å². The van der Waals surface area contributed by atoms with Gasteiger partial charge >= 0.3 is 0 Å². The maximum Gasteiger partial charge on any atom is 0.197 e. The van der Waals surface area contributed by atoms with Crippen molar-refractivity contribution in [1.29, 1.82) is 0 Å².